The molecule has 8 heteroatoms. The second-order valence-electron chi connectivity index (χ2n) is 4.24. The van der Waals surface area contributed by atoms with Gasteiger partial charge in [-0.25, -0.2) is 0 Å². The van der Waals surface area contributed by atoms with Gasteiger partial charge in [-0.2, -0.15) is 20.1 Å². The average molecular weight is 277 g/mol. The first kappa shape index (κ1) is 14.0. The zero-order chi connectivity index (χ0) is 14.4. The van der Waals surface area contributed by atoms with Gasteiger partial charge in [-0.05, 0) is 6.42 Å². The maximum absolute atomic E-state index is 5.44. The fourth-order valence-corrected chi connectivity index (χ4v) is 1.55. The molecule has 2 aromatic rings. The summed E-state index contributed by atoms with van der Waals surface area (Å²) < 4.78 is 7.19. The van der Waals surface area contributed by atoms with E-state index in [0.29, 0.717) is 31.1 Å². The Morgan fingerprint density at radius 3 is 2.70 bits per heavy atom. The second-order valence-corrected chi connectivity index (χ2v) is 4.24. The van der Waals surface area contributed by atoms with Crippen LogP contribution in [0.2, 0.25) is 0 Å². The molecule has 8 nitrogen and oxygen atoms in total. The second kappa shape index (κ2) is 6.69. The number of aryl methyl sites for hydroxylation is 1. The normalized spacial score (nSPS) is 10.3. The zero-order valence-corrected chi connectivity index (χ0v) is 11.9. The lowest BCUT2D eigenvalue weighted by Gasteiger charge is -2.08. The van der Waals surface area contributed by atoms with Crippen LogP contribution in [-0.4, -0.2) is 38.4 Å². The summed E-state index contributed by atoms with van der Waals surface area (Å²) in [6, 6.07) is 0.319. The molecular weight excluding hydrogens is 258 g/mol. The van der Waals surface area contributed by atoms with Crippen LogP contribution in [0.3, 0.4) is 0 Å². The van der Waals surface area contributed by atoms with E-state index in [9.17, 15) is 0 Å². The predicted octanol–water partition coefficient (Wildman–Crippen LogP) is 1.05. The minimum atomic E-state index is 0.319. The van der Waals surface area contributed by atoms with Crippen molar-refractivity contribution in [2.24, 2.45) is 7.05 Å². The van der Waals surface area contributed by atoms with E-state index in [2.05, 4.69) is 30.7 Å². The third-order valence-corrected chi connectivity index (χ3v) is 2.48. The standard InChI is InChI=1S/C12H19N7O/c1-4-5-20-12-17-10(13-2)16-11(18-12)14-6-9-7-15-19(3)8-9/h7-8H,4-6H2,1-3H3,(H2,13,14,16,17,18). The Balaban J connectivity index is 2.05. The van der Waals surface area contributed by atoms with Gasteiger partial charge in [0.2, 0.25) is 11.9 Å². The van der Waals surface area contributed by atoms with Gasteiger partial charge in [-0.1, -0.05) is 6.92 Å². The smallest absolute Gasteiger partial charge is 0.323 e. The van der Waals surface area contributed by atoms with Gasteiger partial charge < -0.3 is 15.4 Å². The lowest BCUT2D eigenvalue weighted by atomic mass is 10.4. The Labute approximate surface area is 117 Å². The monoisotopic (exact) mass is 277 g/mol. The lowest BCUT2D eigenvalue weighted by Crippen LogP contribution is -2.09. The molecule has 0 bridgehead atoms. The van der Waals surface area contributed by atoms with E-state index in [-0.39, 0.29) is 0 Å². The average Bonchev–Trinajstić information content (AvgIpc) is 2.88. The molecule has 0 aliphatic carbocycles. The first-order valence-electron chi connectivity index (χ1n) is 6.49. The van der Waals surface area contributed by atoms with Crippen molar-refractivity contribution < 1.29 is 4.74 Å². The number of hydrogen-bond acceptors (Lipinski definition) is 7. The number of aromatic nitrogens is 5. The summed E-state index contributed by atoms with van der Waals surface area (Å²) in [6.07, 6.45) is 4.63. The van der Waals surface area contributed by atoms with E-state index in [4.69, 9.17) is 4.74 Å². The Morgan fingerprint density at radius 1 is 1.25 bits per heavy atom. The van der Waals surface area contributed by atoms with Crippen molar-refractivity contribution in [3.05, 3.63) is 18.0 Å². The van der Waals surface area contributed by atoms with Gasteiger partial charge in [0.1, 0.15) is 0 Å². The predicted molar refractivity (Wildman–Crippen MR) is 75.7 cm³/mol. The van der Waals surface area contributed by atoms with Crippen LogP contribution in [0.15, 0.2) is 12.4 Å². The summed E-state index contributed by atoms with van der Waals surface area (Å²) in [6.45, 7) is 3.20. The van der Waals surface area contributed by atoms with Gasteiger partial charge in [-0.15, -0.1) is 0 Å². The highest BCUT2D eigenvalue weighted by Gasteiger charge is 2.06. The van der Waals surface area contributed by atoms with Crippen molar-refractivity contribution >= 4 is 11.9 Å². The molecule has 2 aromatic heterocycles. The molecule has 0 spiro atoms. The van der Waals surface area contributed by atoms with Crippen molar-refractivity contribution in [3.8, 4) is 6.01 Å². The van der Waals surface area contributed by atoms with Crippen molar-refractivity contribution in [2.45, 2.75) is 19.9 Å². The lowest BCUT2D eigenvalue weighted by molar-refractivity contribution is 0.292. The molecule has 0 fully saturated rings. The van der Waals surface area contributed by atoms with Crippen LogP contribution < -0.4 is 15.4 Å². The van der Waals surface area contributed by atoms with Crippen molar-refractivity contribution in [1.29, 1.82) is 0 Å². The van der Waals surface area contributed by atoms with Crippen LogP contribution >= 0.6 is 0 Å². The van der Waals surface area contributed by atoms with Gasteiger partial charge in [0.15, 0.2) is 0 Å². The fourth-order valence-electron chi connectivity index (χ4n) is 1.55. The Morgan fingerprint density at radius 2 is 2.05 bits per heavy atom. The molecule has 0 atom stereocenters. The third-order valence-electron chi connectivity index (χ3n) is 2.48. The highest BCUT2D eigenvalue weighted by Crippen LogP contribution is 2.12. The number of anilines is 2. The molecule has 0 saturated heterocycles. The van der Waals surface area contributed by atoms with Gasteiger partial charge in [0.25, 0.3) is 0 Å². The molecule has 2 rings (SSSR count). The van der Waals surface area contributed by atoms with E-state index in [1.165, 1.54) is 0 Å². The Kier molecular flexibility index (Phi) is 4.70. The summed E-state index contributed by atoms with van der Waals surface area (Å²) in [7, 11) is 3.63. The number of nitrogens with one attached hydrogen (secondary N) is 2. The van der Waals surface area contributed by atoms with E-state index in [1.807, 2.05) is 20.2 Å². The number of nitrogens with zero attached hydrogens (tertiary/aromatic N) is 5. The van der Waals surface area contributed by atoms with Gasteiger partial charge >= 0.3 is 6.01 Å². The minimum absolute atomic E-state index is 0.319. The SMILES string of the molecule is CCCOc1nc(NC)nc(NCc2cnn(C)c2)n1. The first-order valence-corrected chi connectivity index (χ1v) is 6.49. The number of rotatable bonds is 7. The number of ether oxygens (including phenoxy) is 1. The molecule has 0 saturated carbocycles. The quantitative estimate of drug-likeness (QED) is 0.781. The van der Waals surface area contributed by atoms with Crippen LogP contribution in [0.5, 0.6) is 6.01 Å². The third kappa shape index (κ3) is 3.81. The van der Waals surface area contributed by atoms with Crippen LogP contribution in [0, 0.1) is 0 Å². The molecule has 0 aromatic carbocycles. The van der Waals surface area contributed by atoms with Crippen LogP contribution in [0.4, 0.5) is 11.9 Å². The summed E-state index contributed by atoms with van der Waals surface area (Å²) in [5, 5.41) is 10.1. The molecule has 2 N–H and O–H groups in total. The first-order chi connectivity index (χ1) is 9.71. The summed E-state index contributed by atoms with van der Waals surface area (Å²) in [4.78, 5) is 12.6. The molecule has 2 heterocycles. The largest absolute Gasteiger partial charge is 0.463 e. The number of hydrogen-bond donors (Lipinski definition) is 2. The Bertz CT molecular complexity index is 554. The molecular formula is C12H19N7O. The molecule has 0 aliphatic heterocycles. The summed E-state index contributed by atoms with van der Waals surface area (Å²) in [5.41, 5.74) is 1.05. The van der Waals surface area contributed by atoms with Crippen LogP contribution in [0.1, 0.15) is 18.9 Å². The molecule has 108 valence electrons. The van der Waals surface area contributed by atoms with Crippen LogP contribution in [-0.2, 0) is 13.6 Å². The highest BCUT2D eigenvalue weighted by atomic mass is 16.5. The highest BCUT2D eigenvalue weighted by molar-refractivity contribution is 5.35. The van der Waals surface area contributed by atoms with E-state index >= 15 is 0 Å². The van der Waals surface area contributed by atoms with Crippen molar-refractivity contribution in [1.82, 2.24) is 24.7 Å². The fraction of sp³-hybridized carbons (Fsp3) is 0.500. The van der Waals surface area contributed by atoms with E-state index in [0.717, 1.165) is 12.0 Å². The van der Waals surface area contributed by atoms with Gasteiger partial charge in [0.05, 0.1) is 12.8 Å². The Hall–Kier alpha value is -2.38. The summed E-state index contributed by atoms with van der Waals surface area (Å²) in [5.74, 6) is 0.944. The molecule has 0 aliphatic rings. The van der Waals surface area contributed by atoms with Crippen LogP contribution in [0.25, 0.3) is 0 Å². The molecule has 0 unspecified atom stereocenters. The van der Waals surface area contributed by atoms with E-state index < -0.39 is 0 Å². The van der Waals surface area contributed by atoms with Gasteiger partial charge in [-0.3, -0.25) is 4.68 Å². The summed E-state index contributed by atoms with van der Waals surface area (Å²) >= 11 is 0. The molecule has 0 radical (unpaired) electrons. The zero-order valence-electron chi connectivity index (χ0n) is 11.9. The maximum atomic E-state index is 5.44. The van der Waals surface area contributed by atoms with Crippen molar-refractivity contribution in [2.75, 3.05) is 24.3 Å². The maximum Gasteiger partial charge on any atom is 0.323 e. The topological polar surface area (TPSA) is 89.8 Å². The van der Waals surface area contributed by atoms with Gasteiger partial charge in [0, 0.05) is 32.4 Å². The van der Waals surface area contributed by atoms with E-state index in [1.54, 1.807) is 17.9 Å². The minimum Gasteiger partial charge on any atom is -0.463 e. The molecule has 20 heavy (non-hydrogen) atoms. The van der Waals surface area contributed by atoms with Crippen molar-refractivity contribution in [3.63, 3.8) is 0 Å². The molecule has 0 amide bonds.